The quantitative estimate of drug-likeness (QED) is 0.715. The second kappa shape index (κ2) is 6.13. The van der Waals surface area contributed by atoms with Crippen LogP contribution in [0.4, 0.5) is 0 Å². The van der Waals surface area contributed by atoms with Crippen LogP contribution in [0.1, 0.15) is 21.5 Å². The number of hydrogen-bond donors (Lipinski definition) is 1. The van der Waals surface area contributed by atoms with Gasteiger partial charge in [-0.1, -0.05) is 42.1 Å². The number of benzene rings is 2. The van der Waals surface area contributed by atoms with Crippen molar-refractivity contribution >= 4 is 37.8 Å². The summed E-state index contributed by atoms with van der Waals surface area (Å²) in [4.78, 5) is 16.9. The predicted octanol–water partition coefficient (Wildman–Crippen LogP) is 4.47. The van der Waals surface area contributed by atoms with Crippen molar-refractivity contribution in [2.45, 2.75) is 17.6 Å². The highest BCUT2D eigenvalue weighted by Crippen LogP contribution is 2.39. The molecule has 0 saturated heterocycles. The molecule has 0 bridgehead atoms. The van der Waals surface area contributed by atoms with Crippen molar-refractivity contribution in [2.75, 3.05) is 0 Å². The summed E-state index contributed by atoms with van der Waals surface area (Å²) in [5.74, 6) is 8.44. The average Bonchev–Trinajstić information content (AvgIpc) is 2.55. The van der Waals surface area contributed by atoms with Crippen LogP contribution in [0.3, 0.4) is 0 Å². The first-order chi connectivity index (χ1) is 11.4. The van der Waals surface area contributed by atoms with Crippen LogP contribution in [0.5, 0.6) is 0 Å². The van der Waals surface area contributed by atoms with E-state index in [1.54, 1.807) is 19.2 Å². The van der Waals surface area contributed by atoms with E-state index >= 15 is 0 Å². The largest absolute Gasteiger partial charge is 0.478 e. The predicted molar refractivity (Wildman–Crippen MR) is 104 cm³/mol. The number of nitrogens with zero attached hydrogens (tertiary/aromatic N) is 1. The number of hydrogen-bond acceptors (Lipinski definition) is 2. The maximum Gasteiger partial charge on any atom is 0.335 e. The van der Waals surface area contributed by atoms with Gasteiger partial charge in [-0.15, -0.1) is 0 Å². The minimum Gasteiger partial charge on any atom is -0.478 e. The van der Waals surface area contributed by atoms with E-state index in [9.17, 15) is 9.90 Å². The lowest BCUT2D eigenvalue weighted by atomic mass is 10.1. The molecular weight excluding hydrogens is 318 g/mol. The van der Waals surface area contributed by atoms with Gasteiger partial charge in [0, 0.05) is 22.2 Å². The zero-order valence-corrected chi connectivity index (χ0v) is 14.3. The lowest BCUT2D eigenvalue weighted by molar-refractivity contribution is 0.0696. The third kappa shape index (κ3) is 3.05. The molecule has 1 aromatic heterocycles. The minimum atomic E-state index is -1.65. The molecule has 0 aliphatic heterocycles. The molecule has 0 fully saturated rings. The summed E-state index contributed by atoms with van der Waals surface area (Å²) in [6.45, 7) is 1.80. The van der Waals surface area contributed by atoms with Crippen LogP contribution in [-0.2, 0) is 5.75 Å². The molecule has 1 N–H and O–H groups in total. The summed E-state index contributed by atoms with van der Waals surface area (Å²) in [5, 5.41) is 10.4. The number of para-hydroxylation sites is 1. The Morgan fingerprint density at radius 2 is 1.92 bits per heavy atom. The molecule has 0 saturated carbocycles. The van der Waals surface area contributed by atoms with Crippen molar-refractivity contribution in [3.63, 3.8) is 0 Å². The van der Waals surface area contributed by atoms with Gasteiger partial charge in [-0.05, 0) is 36.2 Å². The van der Waals surface area contributed by atoms with Crippen molar-refractivity contribution in [3.05, 3.63) is 71.4 Å². The van der Waals surface area contributed by atoms with Gasteiger partial charge in [0.05, 0.1) is 11.1 Å². The summed E-state index contributed by atoms with van der Waals surface area (Å²) in [6.07, 6.45) is 1.77. The van der Waals surface area contributed by atoms with E-state index in [1.807, 2.05) is 42.5 Å². The van der Waals surface area contributed by atoms with Gasteiger partial charge in [0.25, 0.3) is 0 Å². The Balaban J connectivity index is 2.06. The Labute approximate surface area is 142 Å². The number of aromatic nitrogens is 1. The molecule has 122 valence electrons. The number of aromatic carboxylic acids is 1. The highest BCUT2D eigenvalue weighted by Gasteiger charge is 2.12. The first kappa shape index (κ1) is 16.3. The Bertz CT molecular complexity index is 1030. The van der Waals surface area contributed by atoms with Crippen LogP contribution in [0.2, 0.25) is 0 Å². The van der Waals surface area contributed by atoms with Crippen molar-refractivity contribution in [1.82, 2.24) is 4.98 Å². The van der Waals surface area contributed by atoms with E-state index in [-0.39, 0.29) is 0 Å². The number of rotatable bonds is 4. The number of carboxylic acids is 1. The van der Waals surface area contributed by atoms with Crippen LogP contribution >= 0.6 is 9.21 Å². The van der Waals surface area contributed by atoms with Crippen LogP contribution in [0, 0.1) is 6.92 Å². The van der Waals surface area contributed by atoms with Gasteiger partial charge in [0.2, 0.25) is 0 Å². The maximum absolute atomic E-state index is 11.3. The number of carbonyl (C=O) groups is 1. The molecule has 0 aliphatic carbocycles. The zero-order chi connectivity index (χ0) is 17.3. The standard InChI is InChI=1S/C20H19NO2S/c1-14-9-10-15(12-17(14)20(22)23)13-24(2,3)18-8-4-6-16-7-5-11-21-19(16)18/h4-12H,2-3,13H2,1H3,(H,22,23). The van der Waals surface area contributed by atoms with E-state index in [4.69, 9.17) is 0 Å². The third-order valence-corrected chi connectivity index (χ3v) is 6.19. The van der Waals surface area contributed by atoms with Gasteiger partial charge in [0.1, 0.15) is 0 Å². The molecule has 24 heavy (non-hydrogen) atoms. The highest BCUT2D eigenvalue weighted by molar-refractivity contribution is 8.27. The van der Waals surface area contributed by atoms with E-state index in [2.05, 4.69) is 16.7 Å². The molecule has 0 aliphatic rings. The van der Waals surface area contributed by atoms with Crippen molar-refractivity contribution in [3.8, 4) is 0 Å². The molecule has 0 amide bonds. The molecule has 0 atom stereocenters. The minimum absolute atomic E-state index is 0.332. The van der Waals surface area contributed by atoms with E-state index in [0.29, 0.717) is 11.3 Å². The van der Waals surface area contributed by atoms with Gasteiger partial charge < -0.3 is 5.11 Å². The fourth-order valence-electron chi connectivity index (χ4n) is 2.81. The lowest BCUT2D eigenvalue weighted by Crippen LogP contribution is -2.01. The third-order valence-electron chi connectivity index (χ3n) is 4.04. The summed E-state index contributed by atoms with van der Waals surface area (Å²) >= 11 is 0. The molecule has 3 aromatic rings. The van der Waals surface area contributed by atoms with E-state index < -0.39 is 15.2 Å². The number of pyridine rings is 1. The van der Waals surface area contributed by atoms with Gasteiger partial charge in [-0.2, -0.15) is 9.21 Å². The fourth-order valence-corrected chi connectivity index (χ4v) is 4.73. The van der Waals surface area contributed by atoms with Crippen LogP contribution in [0.25, 0.3) is 10.9 Å². The fraction of sp³-hybridized carbons (Fsp3) is 0.100. The average molecular weight is 337 g/mol. The van der Waals surface area contributed by atoms with Gasteiger partial charge in [-0.3, -0.25) is 4.98 Å². The summed E-state index contributed by atoms with van der Waals surface area (Å²) in [7, 11) is -1.65. The second-order valence-corrected chi connectivity index (χ2v) is 8.79. The number of carboxylic acid groups (broad SMARTS) is 1. The van der Waals surface area contributed by atoms with Crippen molar-refractivity contribution in [2.24, 2.45) is 0 Å². The molecule has 1 heterocycles. The molecule has 3 nitrogen and oxygen atoms in total. The molecule has 0 radical (unpaired) electrons. The Morgan fingerprint density at radius 3 is 2.67 bits per heavy atom. The Hall–Kier alpha value is -2.59. The Kier molecular flexibility index (Phi) is 4.16. The highest BCUT2D eigenvalue weighted by atomic mass is 32.2. The smallest absolute Gasteiger partial charge is 0.335 e. The molecule has 2 aromatic carbocycles. The molecular formula is C20H19NO2S. The van der Waals surface area contributed by atoms with E-state index in [1.165, 1.54) is 0 Å². The first-order valence-corrected chi connectivity index (χ1v) is 9.66. The zero-order valence-electron chi connectivity index (χ0n) is 13.5. The number of aryl methyl sites for hydroxylation is 1. The molecule has 0 unspecified atom stereocenters. The monoisotopic (exact) mass is 337 g/mol. The number of fused-ring (bicyclic) bond motifs is 1. The second-order valence-electron chi connectivity index (χ2n) is 5.98. The Morgan fingerprint density at radius 1 is 1.17 bits per heavy atom. The van der Waals surface area contributed by atoms with E-state index in [0.717, 1.165) is 26.9 Å². The van der Waals surface area contributed by atoms with Crippen LogP contribution in [0.15, 0.2) is 59.6 Å². The van der Waals surface area contributed by atoms with Gasteiger partial charge >= 0.3 is 5.97 Å². The lowest BCUT2D eigenvalue weighted by Gasteiger charge is -2.17. The van der Waals surface area contributed by atoms with Gasteiger partial charge in [-0.25, -0.2) is 4.79 Å². The summed E-state index contributed by atoms with van der Waals surface area (Å²) in [6, 6.07) is 15.5. The van der Waals surface area contributed by atoms with Crippen molar-refractivity contribution in [1.29, 1.82) is 0 Å². The normalized spacial score (nSPS) is 11.5. The topological polar surface area (TPSA) is 50.2 Å². The SMILES string of the molecule is C=S(=C)(Cc1ccc(C)c(C(=O)O)c1)c1cccc2cccnc12. The summed E-state index contributed by atoms with van der Waals surface area (Å²) < 4.78 is 0. The molecule has 3 rings (SSSR count). The summed E-state index contributed by atoms with van der Waals surface area (Å²) in [5.41, 5.74) is 2.95. The maximum atomic E-state index is 11.3. The van der Waals surface area contributed by atoms with Crippen LogP contribution < -0.4 is 0 Å². The first-order valence-electron chi connectivity index (χ1n) is 7.52. The molecule has 0 spiro atoms. The van der Waals surface area contributed by atoms with Crippen LogP contribution in [-0.4, -0.2) is 27.8 Å². The molecule has 4 heteroatoms. The van der Waals surface area contributed by atoms with Gasteiger partial charge in [0.15, 0.2) is 0 Å². The van der Waals surface area contributed by atoms with Crippen molar-refractivity contribution < 1.29 is 9.90 Å².